The van der Waals surface area contributed by atoms with Crippen LogP contribution in [0.3, 0.4) is 0 Å². The van der Waals surface area contributed by atoms with Crippen molar-refractivity contribution in [3.63, 3.8) is 0 Å². The summed E-state index contributed by atoms with van der Waals surface area (Å²) < 4.78 is 0. The van der Waals surface area contributed by atoms with Crippen molar-refractivity contribution in [3.8, 4) is 0 Å². The van der Waals surface area contributed by atoms with Gasteiger partial charge < -0.3 is 5.32 Å². The lowest BCUT2D eigenvalue weighted by Crippen LogP contribution is -2.28. The quantitative estimate of drug-likeness (QED) is 0.862. The number of nitrogens with one attached hydrogen (secondary N) is 2. The molecular weight excluding hydrogens is 330 g/mol. The first-order valence-corrected chi connectivity index (χ1v) is 9.74. The number of amides is 1. The Morgan fingerprint density at radius 1 is 1.39 bits per heavy atom. The van der Waals surface area contributed by atoms with Crippen LogP contribution in [0.25, 0.3) is 0 Å². The third kappa shape index (κ3) is 4.42. The Hall–Kier alpha value is -1.67. The van der Waals surface area contributed by atoms with E-state index in [2.05, 4.69) is 32.1 Å². The predicted molar refractivity (Wildman–Crippen MR) is 95.3 cm³/mol. The normalized spacial score (nSPS) is 20.9. The van der Waals surface area contributed by atoms with Crippen molar-refractivity contribution in [2.75, 3.05) is 16.9 Å². The number of rotatable bonds is 5. The smallest absolute Gasteiger partial charge is 0.259 e. The minimum atomic E-state index is -0.221. The number of aromatic nitrogens is 3. The number of pyridine rings is 1. The molecule has 2 unspecified atom stereocenters. The van der Waals surface area contributed by atoms with Gasteiger partial charge in [0, 0.05) is 17.5 Å². The molecule has 0 radical (unpaired) electrons. The van der Waals surface area contributed by atoms with Crippen molar-refractivity contribution in [3.05, 3.63) is 29.4 Å². The number of carbonyl (C=O) groups excluding carboxylic acids is 1. The van der Waals surface area contributed by atoms with Crippen molar-refractivity contribution >= 4 is 40.0 Å². The number of hydrogen-bond acceptors (Lipinski definition) is 7. The second-order valence-corrected chi connectivity index (χ2v) is 7.47. The monoisotopic (exact) mass is 349 g/mol. The highest BCUT2D eigenvalue weighted by Gasteiger charge is 2.21. The topological polar surface area (TPSA) is 79.8 Å². The van der Waals surface area contributed by atoms with Gasteiger partial charge in [-0.25, -0.2) is 4.98 Å². The molecule has 3 rings (SSSR count). The molecule has 0 bridgehead atoms. The van der Waals surface area contributed by atoms with Gasteiger partial charge in [0.2, 0.25) is 5.13 Å². The van der Waals surface area contributed by atoms with E-state index in [9.17, 15) is 4.79 Å². The molecule has 1 aliphatic rings. The Bertz CT molecular complexity index is 632. The molecule has 2 atom stereocenters. The summed E-state index contributed by atoms with van der Waals surface area (Å²) in [4.78, 5) is 16.4. The third-order valence-electron chi connectivity index (χ3n) is 3.92. The van der Waals surface area contributed by atoms with Crippen LogP contribution in [0.5, 0.6) is 0 Å². The molecule has 0 aliphatic heterocycles. The Balaban J connectivity index is 1.57. The molecule has 1 fully saturated rings. The summed E-state index contributed by atoms with van der Waals surface area (Å²) in [6.45, 7) is 0. The van der Waals surface area contributed by atoms with Gasteiger partial charge in [-0.05, 0) is 37.7 Å². The van der Waals surface area contributed by atoms with Gasteiger partial charge in [-0.15, -0.1) is 10.2 Å². The summed E-state index contributed by atoms with van der Waals surface area (Å²) in [6, 6.07) is 4.10. The van der Waals surface area contributed by atoms with Crippen LogP contribution in [0.4, 0.5) is 10.9 Å². The maximum Gasteiger partial charge on any atom is 0.259 e. The second kappa shape index (κ2) is 7.74. The molecular formula is C15H19N5OS2. The van der Waals surface area contributed by atoms with Crippen LogP contribution in [0.1, 0.15) is 36.0 Å². The maximum atomic E-state index is 12.1. The van der Waals surface area contributed by atoms with Crippen molar-refractivity contribution < 1.29 is 4.79 Å². The van der Waals surface area contributed by atoms with Crippen LogP contribution in [0, 0.1) is 0 Å². The first-order chi connectivity index (χ1) is 11.2. The molecule has 2 N–H and O–H groups in total. The van der Waals surface area contributed by atoms with E-state index in [1.165, 1.54) is 37.0 Å². The minimum absolute atomic E-state index is 0.221. The van der Waals surface area contributed by atoms with Crippen LogP contribution >= 0.6 is 23.1 Å². The summed E-state index contributed by atoms with van der Waals surface area (Å²) in [6.07, 6.45) is 8.67. The van der Waals surface area contributed by atoms with E-state index in [0.29, 0.717) is 16.7 Å². The van der Waals surface area contributed by atoms with Gasteiger partial charge in [-0.1, -0.05) is 17.8 Å². The van der Waals surface area contributed by atoms with Gasteiger partial charge in [0.25, 0.3) is 5.91 Å². The highest BCUT2D eigenvalue weighted by molar-refractivity contribution is 7.99. The molecule has 6 nitrogen and oxygen atoms in total. The highest BCUT2D eigenvalue weighted by Crippen LogP contribution is 2.28. The van der Waals surface area contributed by atoms with E-state index in [4.69, 9.17) is 0 Å². The molecule has 122 valence electrons. The fourth-order valence-electron chi connectivity index (χ4n) is 2.71. The first-order valence-electron chi connectivity index (χ1n) is 7.57. The average molecular weight is 349 g/mol. The van der Waals surface area contributed by atoms with Crippen LogP contribution in [0.15, 0.2) is 23.8 Å². The van der Waals surface area contributed by atoms with Gasteiger partial charge in [0.1, 0.15) is 11.3 Å². The summed E-state index contributed by atoms with van der Waals surface area (Å²) in [7, 11) is 0. The lowest BCUT2D eigenvalue weighted by molar-refractivity contribution is 0.102. The molecule has 0 spiro atoms. The largest absolute Gasteiger partial charge is 0.367 e. The predicted octanol–water partition coefficient (Wildman–Crippen LogP) is 3.27. The maximum absolute atomic E-state index is 12.1. The number of carbonyl (C=O) groups is 1. The van der Waals surface area contributed by atoms with E-state index < -0.39 is 0 Å². The van der Waals surface area contributed by atoms with Crippen LogP contribution in [-0.2, 0) is 0 Å². The third-order valence-corrected chi connectivity index (χ3v) is 5.62. The molecule has 0 saturated heterocycles. The zero-order valence-corrected chi connectivity index (χ0v) is 14.5. The van der Waals surface area contributed by atoms with Crippen LogP contribution in [-0.4, -0.2) is 38.6 Å². The zero-order valence-electron chi connectivity index (χ0n) is 12.9. The SMILES string of the molecule is CSC1CCCC(Nc2ccc(C(=O)Nc3nncs3)cn2)C1. The summed E-state index contributed by atoms with van der Waals surface area (Å²) in [5.74, 6) is 0.602. The van der Waals surface area contributed by atoms with Gasteiger partial charge in [-0.2, -0.15) is 11.8 Å². The lowest BCUT2D eigenvalue weighted by atomic mass is 9.95. The Kier molecular flexibility index (Phi) is 5.45. The first kappa shape index (κ1) is 16.2. The molecule has 2 aromatic heterocycles. The number of hydrogen-bond donors (Lipinski definition) is 2. The second-order valence-electron chi connectivity index (χ2n) is 5.50. The molecule has 1 aliphatic carbocycles. The molecule has 8 heteroatoms. The number of nitrogens with zero attached hydrogens (tertiary/aromatic N) is 3. The summed E-state index contributed by atoms with van der Waals surface area (Å²) in [5.41, 5.74) is 2.09. The van der Waals surface area contributed by atoms with E-state index in [0.717, 1.165) is 11.1 Å². The Labute approximate surface area is 143 Å². The minimum Gasteiger partial charge on any atom is -0.367 e. The van der Waals surface area contributed by atoms with Crippen molar-refractivity contribution in [1.82, 2.24) is 15.2 Å². The van der Waals surface area contributed by atoms with E-state index in [1.54, 1.807) is 17.8 Å². The molecule has 2 heterocycles. The van der Waals surface area contributed by atoms with Crippen molar-refractivity contribution in [2.45, 2.75) is 37.0 Å². The van der Waals surface area contributed by atoms with Crippen molar-refractivity contribution in [1.29, 1.82) is 0 Å². The number of thioether (sulfide) groups is 1. The van der Waals surface area contributed by atoms with E-state index in [-0.39, 0.29) is 5.91 Å². The summed E-state index contributed by atoms with van der Waals surface area (Å²) in [5, 5.41) is 14.9. The Morgan fingerprint density at radius 3 is 3.00 bits per heavy atom. The Morgan fingerprint density at radius 2 is 2.30 bits per heavy atom. The van der Waals surface area contributed by atoms with E-state index in [1.807, 2.05) is 17.8 Å². The number of anilines is 2. The van der Waals surface area contributed by atoms with E-state index >= 15 is 0 Å². The molecule has 2 aromatic rings. The summed E-state index contributed by atoms with van der Waals surface area (Å²) >= 11 is 3.23. The molecule has 23 heavy (non-hydrogen) atoms. The standard InChI is InChI=1S/C15H19N5OS2/c1-22-12-4-2-3-11(7-12)18-13-6-5-10(8-16-13)14(21)19-15-20-17-9-23-15/h5-6,8-9,11-12H,2-4,7H2,1H3,(H,16,18)(H,19,20,21). The molecule has 0 aromatic carbocycles. The fourth-order valence-corrected chi connectivity index (χ4v) is 3.98. The van der Waals surface area contributed by atoms with Gasteiger partial charge in [-0.3, -0.25) is 10.1 Å². The average Bonchev–Trinajstić information content (AvgIpc) is 3.08. The lowest BCUT2D eigenvalue weighted by Gasteiger charge is -2.29. The van der Waals surface area contributed by atoms with Crippen LogP contribution < -0.4 is 10.6 Å². The van der Waals surface area contributed by atoms with Gasteiger partial charge >= 0.3 is 0 Å². The highest BCUT2D eigenvalue weighted by atomic mass is 32.2. The zero-order chi connectivity index (χ0) is 16.1. The van der Waals surface area contributed by atoms with Crippen LogP contribution in [0.2, 0.25) is 0 Å². The van der Waals surface area contributed by atoms with Crippen molar-refractivity contribution in [2.24, 2.45) is 0 Å². The fraction of sp³-hybridized carbons (Fsp3) is 0.467. The van der Waals surface area contributed by atoms with Gasteiger partial charge in [0.15, 0.2) is 0 Å². The molecule has 1 saturated carbocycles. The van der Waals surface area contributed by atoms with Gasteiger partial charge in [0.05, 0.1) is 5.56 Å². The molecule has 1 amide bonds.